The number of rotatable bonds is 4. The van der Waals surface area contributed by atoms with Crippen LogP contribution in [-0.4, -0.2) is 46.9 Å². The van der Waals surface area contributed by atoms with Crippen molar-refractivity contribution in [2.24, 2.45) is 0 Å². The van der Waals surface area contributed by atoms with E-state index in [1.807, 2.05) is 25.7 Å². The maximum Gasteiger partial charge on any atom is 0.255 e. The fourth-order valence-corrected chi connectivity index (χ4v) is 3.52. The largest absolute Gasteiger partial charge is 0.370 e. The van der Waals surface area contributed by atoms with Gasteiger partial charge in [-0.3, -0.25) is 4.79 Å². The number of hydrogen-bond acceptors (Lipinski definition) is 4. The number of carbonyl (C=O) groups excluding carboxylic acids is 1. The Morgan fingerprint density at radius 2 is 2.47 bits per heavy atom. The van der Waals surface area contributed by atoms with Crippen LogP contribution in [0.1, 0.15) is 23.7 Å². The van der Waals surface area contributed by atoms with E-state index in [2.05, 4.69) is 10.3 Å². The molecule has 19 heavy (non-hydrogen) atoms. The highest BCUT2D eigenvalue weighted by Gasteiger charge is 2.26. The highest BCUT2D eigenvalue weighted by atomic mass is 35.5. The van der Waals surface area contributed by atoms with Crippen molar-refractivity contribution in [1.82, 2.24) is 9.88 Å². The van der Waals surface area contributed by atoms with Gasteiger partial charge in [-0.15, -0.1) is 0 Å². The molecule has 1 N–H and O–H groups in total. The molecule has 0 saturated carbocycles. The lowest BCUT2D eigenvalue weighted by molar-refractivity contribution is 0.0748. The Labute approximate surface area is 122 Å². The van der Waals surface area contributed by atoms with Crippen molar-refractivity contribution in [3.8, 4) is 0 Å². The smallest absolute Gasteiger partial charge is 0.255 e. The molecule has 0 aliphatic carbocycles. The molecule has 6 heteroatoms. The fraction of sp³-hybridized carbons (Fsp3) is 0.538. The van der Waals surface area contributed by atoms with Gasteiger partial charge in [0.05, 0.1) is 10.6 Å². The van der Waals surface area contributed by atoms with Gasteiger partial charge in [-0.1, -0.05) is 11.6 Å². The third-order valence-corrected chi connectivity index (χ3v) is 4.66. The second kappa shape index (κ2) is 6.48. The lowest BCUT2D eigenvalue weighted by atomic mass is 10.1. The predicted octanol–water partition coefficient (Wildman–Crippen LogP) is 2.74. The molecule has 1 aromatic heterocycles. The number of pyridine rings is 1. The molecule has 0 spiro atoms. The fourth-order valence-electron chi connectivity index (χ4n) is 2.06. The number of carbonyl (C=O) groups is 1. The van der Waals surface area contributed by atoms with Crippen LogP contribution in [-0.2, 0) is 0 Å². The number of amides is 1. The summed E-state index contributed by atoms with van der Waals surface area (Å²) in [7, 11) is 1.85. The molecular weight excluding hydrogens is 282 g/mol. The topological polar surface area (TPSA) is 45.2 Å². The number of aromatic nitrogens is 1. The van der Waals surface area contributed by atoms with Gasteiger partial charge in [0, 0.05) is 31.6 Å². The summed E-state index contributed by atoms with van der Waals surface area (Å²) in [6.45, 7) is 2.75. The van der Waals surface area contributed by atoms with E-state index in [1.54, 1.807) is 11.0 Å². The van der Waals surface area contributed by atoms with Crippen LogP contribution in [0, 0.1) is 0 Å². The molecule has 104 valence electrons. The Balaban J connectivity index is 2.19. The lowest BCUT2D eigenvalue weighted by Crippen LogP contribution is -2.37. The maximum atomic E-state index is 12.5. The van der Waals surface area contributed by atoms with E-state index in [1.165, 1.54) is 6.20 Å². The van der Waals surface area contributed by atoms with Gasteiger partial charge in [-0.2, -0.15) is 11.8 Å². The summed E-state index contributed by atoms with van der Waals surface area (Å²) in [5, 5.41) is 3.50. The van der Waals surface area contributed by atoms with Gasteiger partial charge in [0.25, 0.3) is 5.91 Å². The van der Waals surface area contributed by atoms with Gasteiger partial charge >= 0.3 is 0 Å². The Hall–Kier alpha value is -0.940. The van der Waals surface area contributed by atoms with E-state index >= 15 is 0 Å². The average molecular weight is 300 g/mol. The standard InChI is InChI=1S/C13H18ClN3OS/c1-3-15-12-6-10(11(14)7-16-12)13(18)17(2)9-4-5-19-8-9/h6-7,9H,3-5,8H2,1-2H3,(H,15,16). The van der Waals surface area contributed by atoms with Gasteiger partial charge in [-0.25, -0.2) is 4.98 Å². The molecule has 1 saturated heterocycles. The highest BCUT2D eigenvalue weighted by molar-refractivity contribution is 7.99. The number of halogens is 1. The molecule has 1 fully saturated rings. The summed E-state index contributed by atoms with van der Waals surface area (Å²) in [6, 6.07) is 2.04. The van der Waals surface area contributed by atoms with Crippen LogP contribution in [0.4, 0.5) is 5.82 Å². The van der Waals surface area contributed by atoms with Crippen molar-refractivity contribution in [2.75, 3.05) is 30.4 Å². The minimum absolute atomic E-state index is 0.0287. The van der Waals surface area contributed by atoms with E-state index in [4.69, 9.17) is 11.6 Å². The second-order valence-electron chi connectivity index (χ2n) is 4.51. The molecule has 1 unspecified atom stereocenters. The Morgan fingerprint density at radius 1 is 1.68 bits per heavy atom. The van der Waals surface area contributed by atoms with Crippen LogP contribution in [0.25, 0.3) is 0 Å². The summed E-state index contributed by atoms with van der Waals surface area (Å²) in [5.74, 6) is 2.78. The van der Waals surface area contributed by atoms with Crippen molar-refractivity contribution in [3.63, 3.8) is 0 Å². The number of nitrogens with one attached hydrogen (secondary N) is 1. The van der Waals surface area contributed by atoms with Gasteiger partial charge in [0.2, 0.25) is 0 Å². The maximum absolute atomic E-state index is 12.5. The van der Waals surface area contributed by atoms with Gasteiger partial charge in [-0.05, 0) is 25.2 Å². The first-order valence-corrected chi connectivity index (χ1v) is 7.91. The molecule has 1 aromatic rings. The van der Waals surface area contributed by atoms with Crippen LogP contribution in [0.15, 0.2) is 12.3 Å². The molecule has 2 rings (SSSR count). The third-order valence-electron chi connectivity index (χ3n) is 3.22. The van der Waals surface area contributed by atoms with E-state index < -0.39 is 0 Å². The molecule has 1 atom stereocenters. The van der Waals surface area contributed by atoms with E-state index in [-0.39, 0.29) is 5.91 Å². The molecule has 1 aliphatic heterocycles. The molecule has 0 bridgehead atoms. The zero-order valence-corrected chi connectivity index (χ0v) is 12.7. The van der Waals surface area contributed by atoms with Crippen molar-refractivity contribution >= 4 is 35.1 Å². The molecule has 1 aliphatic rings. The van der Waals surface area contributed by atoms with E-state index in [0.29, 0.717) is 22.4 Å². The van der Waals surface area contributed by atoms with Gasteiger partial charge in [0.15, 0.2) is 0 Å². The average Bonchev–Trinajstić information content (AvgIpc) is 2.93. The summed E-state index contributed by atoms with van der Waals surface area (Å²) in [6.07, 6.45) is 2.58. The van der Waals surface area contributed by atoms with Crippen LogP contribution in [0.2, 0.25) is 5.02 Å². The summed E-state index contributed by atoms with van der Waals surface area (Å²) < 4.78 is 0. The van der Waals surface area contributed by atoms with Crippen molar-refractivity contribution < 1.29 is 4.79 Å². The van der Waals surface area contributed by atoms with Gasteiger partial charge in [0.1, 0.15) is 5.82 Å². The van der Waals surface area contributed by atoms with Crippen molar-refractivity contribution in [3.05, 3.63) is 22.8 Å². The Kier molecular flexibility index (Phi) is 4.93. The SMILES string of the molecule is CCNc1cc(C(=O)N(C)C2CCSC2)c(Cl)cn1. The van der Waals surface area contributed by atoms with Gasteiger partial charge < -0.3 is 10.2 Å². The first kappa shape index (κ1) is 14.5. The monoisotopic (exact) mass is 299 g/mol. The summed E-state index contributed by atoms with van der Waals surface area (Å²) in [5.41, 5.74) is 0.520. The first-order valence-electron chi connectivity index (χ1n) is 6.37. The minimum atomic E-state index is -0.0287. The van der Waals surface area contributed by atoms with Crippen molar-refractivity contribution in [2.45, 2.75) is 19.4 Å². The van der Waals surface area contributed by atoms with Crippen LogP contribution in [0.5, 0.6) is 0 Å². The van der Waals surface area contributed by atoms with Crippen LogP contribution >= 0.6 is 23.4 Å². The van der Waals surface area contributed by atoms with E-state index in [0.717, 1.165) is 24.5 Å². The first-order chi connectivity index (χ1) is 9.13. The minimum Gasteiger partial charge on any atom is -0.370 e. The third kappa shape index (κ3) is 3.34. The number of nitrogens with zero attached hydrogens (tertiary/aromatic N) is 2. The molecule has 2 heterocycles. The van der Waals surface area contributed by atoms with Crippen LogP contribution < -0.4 is 5.32 Å². The highest BCUT2D eigenvalue weighted by Crippen LogP contribution is 2.25. The second-order valence-corrected chi connectivity index (χ2v) is 6.07. The zero-order valence-electron chi connectivity index (χ0n) is 11.1. The Bertz CT molecular complexity index is 463. The summed E-state index contributed by atoms with van der Waals surface area (Å²) in [4.78, 5) is 18.4. The van der Waals surface area contributed by atoms with Crippen molar-refractivity contribution in [1.29, 1.82) is 0 Å². The predicted molar refractivity (Wildman–Crippen MR) is 81.2 cm³/mol. The normalized spacial score (nSPS) is 18.4. The van der Waals surface area contributed by atoms with Crippen LogP contribution in [0.3, 0.4) is 0 Å². The number of hydrogen-bond donors (Lipinski definition) is 1. The zero-order chi connectivity index (χ0) is 13.8. The molecule has 4 nitrogen and oxygen atoms in total. The molecule has 1 amide bonds. The molecular formula is C13H18ClN3OS. The number of thioether (sulfide) groups is 1. The van der Waals surface area contributed by atoms with E-state index in [9.17, 15) is 4.79 Å². The molecule has 0 radical (unpaired) electrons. The number of anilines is 1. The quantitative estimate of drug-likeness (QED) is 0.928. The lowest BCUT2D eigenvalue weighted by Gasteiger charge is -2.24. The molecule has 0 aromatic carbocycles. The Morgan fingerprint density at radius 3 is 3.11 bits per heavy atom. The summed E-state index contributed by atoms with van der Waals surface area (Å²) >= 11 is 7.99.